The molecule has 7 heteroatoms. The first-order valence-electron chi connectivity index (χ1n) is 6.80. The minimum atomic E-state index is -0.251. The molecule has 0 bridgehead atoms. The lowest BCUT2D eigenvalue weighted by atomic mass is 10.0. The first-order valence-corrected chi connectivity index (χ1v) is 7.59. The highest BCUT2D eigenvalue weighted by Crippen LogP contribution is 2.15. The number of aromatic nitrogens is 2. The zero-order valence-electron chi connectivity index (χ0n) is 12.5. The van der Waals surface area contributed by atoms with Gasteiger partial charge in [-0.25, -0.2) is 4.68 Å². The summed E-state index contributed by atoms with van der Waals surface area (Å²) in [5.41, 5.74) is 6.86. The maximum Gasteiger partial charge on any atom is 0.229 e. The zero-order chi connectivity index (χ0) is 15.4. The minimum absolute atomic E-state index is 0. The Morgan fingerprint density at radius 1 is 1.41 bits per heavy atom. The number of nitrogens with one attached hydrogen (secondary N) is 1. The van der Waals surface area contributed by atoms with Crippen LogP contribution in [0.25, 0.3) is 0 Å². The molecular weight excluding hydrogens is 368 g/mol. The Balaban J connectivity index is 0.00000242. The van der Waals surface area contributed by atoms with Gasteiger partial charge in [0, 0.05) is 16.6 Å². The first-order chi connectivity index (χ1) is 9.97. The third-order valence-corrected chi connectivity index (χ3v) is 3.88. The predicted octanol–water partition coefficient (Wildman–Crippen LogP) is 3.04. The van der Waals surface area contributed by atoms with Crippen LogP contribution in [-0.2, 0) is 11.3 Å². The standard InChI is InChI=1S/C15H19BrN4O.ClH/c1-10(11(2)17)15(21)19-14-6-7-18-20(14)9-12-4-3-5-13(16)8-12;/h3-8,10-11H,9,17H2,1-2H3,(H,19,21);1H. The van der Waals surface area contributed by atoms with Crippen molar-refractivity contribution in [2.75, 3.05) is 5.32 Å². The van der Waals surface area contributed by atoms with Gasteiger partial charge < -0.3 is 11.1 Å². The number of carbonyl (C=O) groups is 1. The quantitative estimate of drug-likeness (QED) is 0.828. The number of amides is 1. The number of halogens is 2. The number of rotatable bonds is 5. The van der Waals surface area contributed by atoms with Gasteiger partial charge in [0.1, 0.15) is 5.82 Å². The van der Waals surface area contributed by atoms with Crippen molar-refractivity contribution < 1.29 is 4.79 Å². The van der Waals surface area contributed by atoms with Crippen LogP contribution in [-0.4, -0.2) is 21.7 Å². The summed E-state index contributed by atoms with van der Waals surface area (Å²) in [5, 5.41) is 7.13. The molecule has 0 aliphatic carbocycles. The molecular formula is C15H20BrClN4O. The number of hydrogen-bond donors (Lipinski definition) is 2. The third-order valence-electron chi connectivity index (χ3n) is 3.39. The lowest BCUT2D eigenvalue weighted by Crippen LogP contribution is -2.34. The number of nitrogens with zero attached hydrogens (tertiary/aromatic N) is 2. The Bertz CT molecular complexity index is 630. The van der Waals surface area contributed by atoms with E-state index >= 15 is 0 Å². The molecule has 2 rings (SSSR count). The molecule has 1 aromatic carbocycles. The SMILES string of the molecule is CC(N)C(C)C(=O)Nc1ccnn1Cc1cccc(Br)c1.Cl. The monoisotopic (exact) mass is 386 g/mol. The van der Waals surface area contributed by atoms with E-state index < -0.39 is 0 Å². The highest BCUT2D eigenvalue weighted by atomic mass is 79.9. The summed E-state index contributed by atoms with van der Waals surface area (Å²) < 4.78 is 2.77. The van der Waals surface area contributed by atoms with E-state index in [0.717, 1.165) is 10.0 Å². The van der Waals surface area contributed by atoms with Crippen molar-refractivity contribution in [2.24, 2.45) is 11.7 Å². The molecule has 1 aromatic heterocycles. The van der Waals surface area contributed by atoms with E-state index in [1.54, 1.807) is 16.9 Å². The summed E-state index contributed by atoms with van der Waals surface area (Å²) >= 11 is 3.45. The van der Waals surface area contributed by atoms with E-state index in [-0.39, 0.29) is 30.3 Å². The van der Waals surface area contributed by atoms with Crippen LogP contribution >= 0.6 is 28.3 Å². The van der Waals surface area contributed by atoms with Gasteiger partial charge in [-0.2, -0.15) is 5.10 Å². The van der Waals surface area contributed by atoms with E-state index in [2.05, 4.69) is 26.3 Å². The van der Waals surface area contributed by atoms with E-state index in [4.69, 9.17) is 5.73 Å². The van der Waals surface area contributed by atoms with Gasteiger partial charge >= 0.3 is 0 Å². The lowest BCUT2D eigenvalue weighted by molar-refractivity contribution is -0.119. The number of anilines is 1. The van der Waals surface area contributed by atoms with Crippen LogP contribution in [0.3, 0.4) is 0 Å². The molecule has 22 heavy (non-hydrogen) atoms. The van der Waals surface area contributed by atoms with Gasteiger partial charge in [0.25, 0.3) is 0 Å². The van der Waals surface area contributed by atoms with Gasteiger partial charge in [-0.3, -0.25) is 4.79 Å². The van der Waals surface area contributed by atoms with Crippen molar-refractivity contribution in [3.63, 3.8) is 0 Å². The molecule has 5 nitrogen and oxygen atoms in total. The molecule has 2 aromatic rings. The van der Waals surface area contributed by atoms with Gasteiger partial charge in [-0.15, -0.1) is 12.4 Å². The second-order valence-electron chi connectivity index (χ2n) is 5.14. The molecule has 0 aliphatic rings. The highest BCUT2D eigenvalue weighted by molar-refractivity contribution is 9.10. The lowest BCUT2D eigenvalue weighted by Gasteiger charge is -2.16. The van der Waals surface area contributed by atoms with E-state index in [9.17, 15) is 4.79 Å². The van der Waals surface area contributed by atoms with Gasteiger partial charge in [0.15, 0.2) is 0 Å². The number of nitrogens with two attached hydrogens (primary N) is 1. The Kier molecular flexibility index (Phi) is 7.06. The molecule has 0 fully saturated rings. The predicted molar refractivity (Wildman–Crippen MR) is 94.2 cm³/mol. The van der Waals surface area contributed by atoms with Gasteiger partial charge in [-0.05, 0) is 24.6 Å². The average molecular weight is 388 g/mol. The molecule has 3 N–H and O–H groups in total. The van der Waals surface area contributed by atoms with E-state index in [0.29, 0.717) is 12.4 Å². The smallest absolute Gasteiger partial charge is 0.229 e. The van der Waals surface area contributed by atoms with Crippen LogP contribution in [0.2, 0.25) is 0 Å². The van der Waals surface area contributed by atoms with Crippen LogP contribution < -0.4 is 11.1 Å². The molecule has 2 atom stereocenters. The summed E-state index contributed by atoms with van der Waals surface area (Å²) in [7, 11) is 0. The maximum absolute atomic E-state index is 12.1. The second-order valence-corrected chi connectivity index (χ2v) is 6.06. The van der Waals surface area contributed by atoms with Crippen LogP contribution in [0.4, 0.5) is 5.82 Å². The fraction of sp³-hybridized carbons (Fsp3) is 0.333. The van der Waals surface area contributed by atoms with Crippen LogP contribution in [0.15, 0.2) is 41.0 Å². The highest BCUT2D eigenvalue weighted by Gasteiger charge is 2.18. The van der Waals surface area contributed by atoms with Crippen molar-refractivity contribution in [3.8, 4) is 0 Å². The minimum Gasteiger partial charge on any atom is -0.327 e. The fourth-order valence-electron chi connectivity index (χ4n) is 1.85. The normalized spacial score (nSPS) is 13.1. The Morgan fingerprint density at radius 3 is 2.77 bits per heavy atom. The molecule has 0 saturated heterocycles. The molecule has 120 valence electrons. The Morgan fingerprint density at radius 2 is 2.14 bits per heavy atom. The topological polar surface area (TPSA) is 72.9 Å². The number of benzene rings is 1. The van der Waals surface area contributed by atoms with E-state index in [1.165, 1.54) is 0 Å². The molecule has 0 aliphatic heterocycles. The number of carbonyl (C=O) groups excluding carboxylic acids is 1. The summed E-state index contributed by atoms with van der Waals surface area (Å²) in [4.78, 5) is 12.1. The van der Waals surface area contributed by atoms with Gasteiger partial charge in [0.05, 0.1) is 18.7 Å². The van der Waals surface area contributed by atoms with Gasteiger partial charge in [0.2, 0.25) is 5.91 Å². The van der Waals surface area contributed by atoms with Crippen molar-refractivity contribution in [1.29, 1.82) is 0 Å². The third kappa shape index (κ3) is 4.83. The van der Waals surface area contributed by atoms with Crippen molar-refractivity contribution in [1.82, 2.24) is 9.78 Å². The first kappa shape index (κ1) is 18.7. The van der Waals surface area contributed by atoms with Crippen molar-refractivity contribution in [2.45, 2.75) is 26.4 Å². The second kappa shape index (κ2) is 8.31. The Hall–Kier alpha value is -1.37. The molecule has 0 spiro atoms. The zero-order valence-corrected chi connectivity index (χ0v) is 14.9. The average Bonchev–Trinajstić information content (AvgIpc) is 2.85. The van der Waals surface area contributed by atoms with Crippen LogP contribution in [0.5, 0.6) is 0 Å². The summed E-state index contributed by atoms with van der Waals surface area (Å²) in [6, 6.07) is 9.58. The van der Waals surface area contributed by atoms with Crippen molar-refractivity contribution >= 4 is 40.1 Å². The Labute approximate surface area is 144 Å². The van der Waals surface area contributed by atoms with Gasteiger partial charge in [-0.1, -0.05) is 35.0 Å². The summed E-state index contributed by atoms with van der Waals surface area (Å²) in [6.45, 7) is 4.23. The molecule has 1 amide bonds. The maximum atomic E-state index is 12.1. The van der Waals surface area contributed by atoms with E-state index in [1.807, 2.05) is 38.1 Å². The molecule has 2 unspecified atom stereocenters. The van der Waals surface area contributed by atoms with Crippen LogP contribution in [0, 0.1) is 5.92 Å². The molecule has 1 heterocycles. The number of hydrogen-bond acceptors (Lipinski definition) is 3. The molecule has 0 radical (unpaired) electrons. The van der Waals surface area contributed by atoms with Crippen LogP contribution in [0.1, 0.15) is 19.4 Å². The molecule has 0 saturated carbocycles. The summed E-state index contributed by atoms with van der Waals surface area (Å²) in [5.74, 6) is 0.327. The largest absolute Gasteiger partial charge is 0.327 e. The fourth-order valence-corrected chi connectivity index (χ4v) is 2.30. The van der Waals surface area contributed by atoms with Crippen molar-refractivity contribution in [3.05, 3.63) is 46.6 Å². The summed E-state index contributed by atoms with van der Waals surface area (Å²) in [6.07, 6.45) is 1.67.